The number of aryl methyl sites for hydroxylation is 1. The predicted octanol–water partition coefficient (Wildman–Crippen LogP) is 4.53. The van der Waals surface area contributed by atoms with Crippen molar-refractivity contribution < 1.29 is 9.53 Å². The zero-order valence-electron chi connectivity index (χ0n) is 15.9. The molecule has 140 valence electrons. The molecule has 2 heterocycles. The summed E-state index contributed by atoms with van der Waals surface area (Å²) in [6, 6.07) is 21.8. The quantitative estimate of drug-likeness (QED) is 0.632. The molecule has 0 saturated carbocycles. The van der Waals surface area contributed by atoms with Crippen LogP contribution in [0, 0.1) is 6.92 Å². The summed E-state index contributed by atoms with van der Waals surface area (Å²) in [5.74, 6) is -0.345. The Morgan fingerprint density at radius 1 is 1.04 bits per heavy atom. The average molecular weight is 371 g/mol. The van der Waals surface area contributed by atoms with Gasteiger partial charge < -0.3 is 4.74 Å². The van der Waals surface area contributed by atoms with Crippen LogP contribution in [0.25, 0.3) is 0 Å². The van der Waals surface area contributed by atoms with Crippen LogP contribution in [0.15, 0.2) is 78.0 Å². The summed E-state index contributed by atoms with van der Waals surface area (Å²) < 4.78 is 4.79. The molecular weight excluding hydrogens is 350 g/mol. The molecule has 1 aliphatic rings. The van der Waals surface area contributed by atoms with Gasteiger partial charge in [-0.05, 0) is 48.9 Å². The van der Waals surface area contributed by atoms with E-state index in [9.17, 15) is 4.79 Å². The van der Waals surface area contributed by atoms with Crippen LogP contribution in [0.2, 0.25) is 0 Å². The molecule has 0 N–H and O–H groups in total. The van der Waals surface area contributed by atoms with Gasteiger partial charge in [-0.1, -0.05) is 30.3 Å². The van der Waals surface area contributed by atoms with Crippen molar-refractivity contribution in [1.82, 2.24) is 4.98 Å². The molecule has 0 aliphatic carbocycles. The lowest BCUT2D eigenvalue weighted by molar-refractivity contribution is 0.0601. The van der Waals surface area contributed by atoms with Gasteiger partial charge in [-0.2, -0.15) is 5.10 Å². The summed E-state index contributed by atoms with van der Waals surface area (Å²) in [6.45, 7) is 1.97. The van der Waals surface area contributed by atoms with Gasteiger partial charge in [0.2, 0.25) is 0 Å². The van der Waals surface area contributed by atoms with Gasteiger partial charge in [-0.25, -0.2) is 4.79 Å². The van der Waals surface area contributed by atoms with E-state index in [0.717, 1.165) is 29.1 Å². The number of rotatable bonds is 4. The van der Waals surface area contributed by atoms with Crippen LogP contribution in [0.3, 0.4) is 0 Å². The van der Waals surface area contributed by atoms with Crippen molar-refractivity contribution in [3.63, 3.8) is 0 Å². The van der Waals surface area contributed by atoms with Gasteiger partial charge in [0, 0.05) is 23.9 Å². The number of esters is 1. The maximum absolute atomic E-state index is 11.7. The first kappa shape index (κ1) is 17.9. The lowest BCUT2D eigenvalue weighted by Gasteiger charge is -2.24. The third-order valence-corrected chi connectivity index (χ3v) is 4.89. The fraction of sp³-hybridized carbons (Fsp3) is 0.174. The molecule has 1 unspecified atom stereocenters. The lowest BCUT2D eigenvalue weighted by atomic mass is 9.99. The van der Waals surface area contributed by atoms with Gasteiger partial charge >= 0.3 is 5.97 Å². The molecule has 5 heteroatoms. The van der Waals surface area contributed by atoms with E-state index in [1.807, 2.05) is 54.5 Å². The molecule has 2 aromatic carbocycles. The smallest absolute Gasteiger partial charge is 0.337 e. The molecule has 1 aliphatic heterocycles. The van der Waals surface area contributed by atoms with Crippen molar-refractivity contribution in [2.45, 2.75) is 19.4 Å². The standard InChI is InChI=1S/C23H21N3O2/c1-16-8-9-19(15-24-16)21-14-22(17-6-4-3-5-7-17)26(25-21)20-12-10-18(11-13-20)23(27)28-2/h3-13,15,22H,14H2,1-2H3. The summed E-state index contributed by atoms with van der Waals surface area (Å²) in [6.07, 6.45) is 2.66. The topological polar surface area (TPSA) is 54.8 Å². The number of hydrogen-bond donors (Lipinski definition) is 0. The number of carbonyl (C=O) groups is 1. The SMILES string of the molecule is COC(=O)c1ccc(N2N=C(c3ccc(C)nc3)CC2c2ccccc2)cc1. The molecule has 5 nitrogen and oxygen atoms in total. The van der Waals surface area contributed by atoms with Crippen molar-refractivity contribution in [3.8, 4) is 0 Å². The van der Waals surface area contributed by atoms with E-state index in [2.05, 4.69) is 23.2 Å². The molecule has 1 atom stereocenters. The minimum atomic E-state index is -0.345. The van der Waals surface area contributed by atoms with Gasteiger partial charge in [-0.3, -0.25) is 9.99 Å². The number of benzene rings is 2. The highest BCUT2D eigenvalue weighted by Gasteiger charge is 2.30. The number of carbonyl (C=O) groups excluding carboxylic acids is 1. The van der Waals surface area contributed by atoms with E-state index in [1.165, 1.54) is 12.7 Å². The summed E-state index contributed by atoms with van der Waals surface area (Å²) >= 11 is 0. The van der Waals surface area contributed by atoms with E-state index in [0.29, 0.717) is 5.56 Å². The minimum Gasteiger partial charge on any atom is -0.465 e. The molecule has 0 spiro atoms. The van der Waals surface area contributed by atoms with Crippen LogP contribution < -0.4 is 5.01 Å². The molecule has 0 saturated heterocycles. The second kappa shape index (κ2) is 7.64. The van der Waals surface area contributed by atoms with Crippen LogP contribution in [0.1, 0.15) is 39.6 Å². The number of ether oxygens (including phenoxy) is 1. The number of hydrazone groups is 1. The van der Waals surface area contributed by atoms with E-state index in [-0.39, 0.29) is 12.0 Å². The monoisotopic (exact) mass is 371 g/mol. The number of methoxy groups -OCH3 is 1. The Morgan fingerprint density at radius 3 is 2.43 bits per heavy atom. The summed E-state index contributed by atoms with van der Waals surface area (Å²) in [5, 5.41) is 6.92. The highest BCUT2D eigenvalue weighted by Crippen LogP contribution is 2.36. The van der Waals surface area contributed by atoms with Gasteiger partial charge in [0.25, 0.3) is 0 Å². The maximum Gasteiger partial charge on any atom is 0.337 e. The van der Waals surface area contributed by atoms with E-state index in [4.69, 9.17) is 9.84 Å². The number of pyridine rings is 1. The zero-order valence-corrected chi connectivity index (χ0v) is 15.9. The summed E-state index contributed by atoms with van der Waals surface area (Å²) in [4.78, 5) is 16.1. The molecule has 0 amide bonds. The second-order valence-corrected chi connectivity index (χ2v) is 6.75. The molecule has 28 heavy (non-hydrogen) atoms. The Kier molecular flexibility index (Phi) is 4.89. The van der Waals surface area contributed by atoms with Crippen molar-refractivity contribution in [3.05, 3.63) is 95.3 Å². The third-order valence-electron chi connectivity index (χ3n) is 4.89. The lowest BCUT2D eigenvalue weighted by Crippen LogP contribution is -2.18. The Bertz CT molecular complexity index is 996. The molecule has 3 aromatic rings. The molecule has 0 fully saturated rings. The van der Waals surface area contributed by atoms with Gasteiger partial charge in [0.15, 0.2) is 0 Å². The largest absolute Gasteiger partial charge is 0.465 e. The third kappa shape index (κ3) is 3.51. The highest BCUT2D eigenvalue weighted by atomic mass is 16.5. The molecule has 4 rings (SSSR count). The molecular formula is C23H21N3O2. The van der Waals surface area contributed by atoms with Crippen LogP contribution in [0.4, 0.5) is 5.69 Å². The molecule has 0 bridgehead atoms. The van der Waals surface area contributed by atoms with E-state index in [1.54, 1.807) is 12.1 Å². The first-order valence-electron chi connectivity index (χ1n) is 9.19. The second-order valence-electron chi connectivity index (χ2n) is 6.75. The van der Waals surface area contributed by atoms with Crippen molar-refractivity contribution >= 4 is 17.4 Å². The zero-order chi connectivity index (χ0) is 19.5. The Morgan fingerprint density at radius 2 is 1.79 bits per heavy atom. The van der Waals surface area contributed by atoms with Gasteiger partial charge in [0.1, 0.15) is 0 Å². The maximum atomic E-state index is 11.7. The number of anilines is 1. The van der Waals surface area contributed by atoms with Crippen LogP contribution in [-0.2, 0) is 4.74 Å². The Labute approximate surface area is 164 Å². The number of nitrogens with zero attached hydrogens (tertiary/aromatic N) is 3. The summed E-state index contributed by atoms with van der Waals surface area (Å²) in [7, 11) is 1.38. The first-order valence-corrected chi connectivity index (χ1v) is 9.19. The fourth-order valence-electron chi connectivity index (χ4n) is 3.36. The average Bonchev–Trinajstić information content (AvgIpc) is 3.20. The van der Waals surface area contributed by atoms with Crippen LogP contribution in [0.5, 0.6) is 0 Å². The molecule has 0 radical (unpaired) electrons. The Hall–Kier alpha value is -3.47. The van der Waals surface area contributed by atoms with Gasteiger partial charge in [-0.15, -0.1) is 0 Å². The minimum absolute atomic E-state index is 0.0847. The first-order chi connectivity index (χ1) is 13.7. The van der Waals surface area contributed by atoms with Crippen molar-refractivity contribution in [2.75, 3.05) is 12.1 Å². The van der Waals surface area contributed by atoms with Crippen LogP contribution in [-0.4, -0.2) is 23.8 Å². The molecule has 1 aromatic heterocycles. The Balaban J connectivity index is 1.71. The summed E-state index contributed by atoms with van der Waals surface area (Å²) in [5.41, 5.74) is 5.65. The van der Waals surface area contributed by atoms with Crippen LogP contribution >= 0.6 is 0 Å². The number of hydrogen-bond acceptors (Lipinski definition) is 5. The van der Waals surface area contributed by atoms with Crippen molar-refractivity contribution in [2.24, 2.45) is 5.10 Å². The number of aromatic nitrogens is 1. The van der Waals surface area contributed by atoms with E-state index < -0.39 is 0 Å². The van der Waals surface area contributed by atoms with E-state index >= 15 is 0 Å². The predicted molar refractivity (Wildman–Crippen MR) is 110 cm³/mol. The normalized spacial score (nSPS) is 16.0. The fourth-order valence-corrected chi connectivity index (χ4v) is 3.36. The van der Waals surface area contributed by atoms with Gasteiger partial charge in [0.05, 0.1) is 30.1 Å². The highest BCUT2D eigenvalue weighted by molar-refractivity contribution is 6.03. The van der Waals surface area contributed by atoms with Crippen molar-refractivity contribution in [1.29, 1.82) is 0 Å².